The second kappa shape index (κ2) is 6.13. The quantitative estimate of drug-likeness (QED) is 0.762. The van der Waals surface area contributed by atoms with Crippen LogP contribution in [0.3, 0.4) is 0 Å². The molecule has 124 valence electrons. The number of pyridine rings is 1. The average molecular weight is 324 g/mol. The third kappa shape index (κ3) is 2.39. The van der Waals surface area contributed by atoms with Crippen molar-refractivity contribution >= 4 is 22.1 Å². The van der Waals surface area contributed by atoms with E-state index in [1.54, 1.807) is 6.20 Å². The van der Waals surface area contributed by atoms with Crippen molar-refractivity contribution in [1.82, 2.24) is 19.6 Å². The first-order valence-electron chi connectivity index (χ1n) is 8.38. The molecule has 7 heteroatoms. The number of aliphatic hydroxyl groups excluding tert-OH is 1. The third-order valence-corrected chi connectivity index (χ3v) is 4.83. The van der Waals surface area contributed by atoms with Crippen LogP contribution in [-0.4, -0.2) is 44.4 Å². The fourth-order valence-corrected chi connectivity index (χ4v) is 3.62. The normalized spacial score (nSPS) is 16.1. The zero-order valence-corrected chi connectivity index (χ0v) is 13.4. The molecule has 24 heavy (non-hydrogen) atoms. The monoisotopic (exact) mass is 324 g/mol. The topological polar surface area (TPSA) is 93.8 Å². The summed E-state index contributed by atoms with van der Waals surface area (Å²) < 4.78 is 2.16. The molecule has 1 fully saturated rings. The fourth-order valence-electron chi connectivity index (χ4n) is 3.62. The molecule has 1 saturated heterocycles. The van der Waals surface area contributed by atoms with Gasteiger partial charge < -0.3 is 15.1 Å². The number of rotatable bonds is 4. The Morgan fingerprint density at radius 3 is 2.96 bits per heavy atom. The largest absolute Gasteiger partial charge is 0.396 e. The molecule has 7 nitrogen and oxygen atoms in total. The molecule has 2 N–H and O–H groups in total. The second-order valence-electron chi connectivity index (χ2n) is 6.30. The molecule has 3 aromatic rings. The fraction of sp³-hybridized carbons (Fsp3) is 0.471. The summed E-state index contributed by atoms with van der Waals surface area (Å²) in [5.41, 5.74) is 2.74. The summed E-state index contributed by atoms with van der Waals surface area (Å²) in [4.78, 5) is 12.3. The highest BCUT2D eigenvalue weighted by atomic mass is 16.3. The minimum absolute atomic E-state index is 0.0674. The first kappa shape index (κ1) is 15.0. The van der Waals surface area contributed by atoms with Crippen LogP contribution in [0, 0.1) is 17.2 Å². The molecule has 0 spiro atoms. The van der Waals surface area contributed by atoms with Crippen molar-refractivity contribution in [3.8, 4) is 6.07 Å². The van der Waals surface area contributed by atoms with Gasteiger partial charge in [-0.15, -0.1) is 0 Å². The summed E-state index contributed by atoms with van der Waals surface area (Å²) in [7, 11) is 0. The first-order chi connectivity index (χ1) is 11.8. The molecule has 0 bridgehead atoms. The predicted molar refractivity (Wildman–Crippen MR) is 91.1 cm³/mol. The van der Waals surface area contributed by atoms with Crippen LogP contribution in [0.25, 0.3) is 22.1 Å². The van der Waals surface area contributed by atoms with E-state index in [2.05, 4.69) is 25.7 Å². The van der Waals surface area contributed by atoms with Gasteiger partial charge in [0.1, 0.15) is 22.5 Å². The summed E-state index contributed by atoms with van der Waals surface area (Å²) in [6.45, 7) is 1.85. The molecule has 0 radical (unpaired) electrons. The van der Waals surface area contributed by atoms with Gasteiger partial charge in [-0.2, -0.15) is 5.26 Å². The average Bonchev–Trinajstić information content (AvgIpc) is 3.20. The van der Waals surface area contributed by atoms with E-state index in [1.165, 1.54) is 0 Å². The van der Waals surface area contributed by atoms with E-state index in [-0.39, 0.29) is 6.61 Å². The molecule has 1 aliphatic rings. The molecule has 0 saturated carbocycles. The number of nitrogens with one attached hydrogen (secondary N) is 1. The molecule has 0 unspecified atom stereocenters. The standard InChI is InChI=1S/C17H20N6O/c18-6-1-12-3-8-22(9-4-12)23-15(5-10-24)21-14-11-20-17-13(16(14)23)2-7-19-17/h2,7,11-12,24H,1,3-5,8-10H2,(H,19,20). The van der Waals surface area contributed by atoms with Crippen molar-refractivity contribution in [2.24, 2.45) is 5.92 Å². The van der Waals surface area contributed by atoms with Crippen LogP contribution in [0.1, 0.15) is 25.1 Å². The van der Waals surface area contributed by atoms with Crippen molar-refractivity contribution in [2.45, 2.75) is 25.7 Å². The number of aliphatic hydroxyl groups is 1. The molecular formula is C17H20N6O. The molecule has 0 amide bonds. The van der Waals surface area contributed by atoms with Crippen LogP contribution in [0.5, 0.6) is 0 Å². The Balaban J connectivity index is 1.79. The van der Waals surface area contributed by atoms with E-state index in [0.29, 0.717) is 18.8 Å². The summed E-state index contributed by atoms with van der Waals surface area (Å²) >= 11 is 0. The van der Waals surface area contributed by atoms with Gasteiger partial charge in [0.15, 0.2) is 0 Å². The number of aromatic nitrogens is 4. The lowest BCUT2D eigenvalue weighted by Gasteiger charge is -2.34. The molecule has 1 aliphatic heterocycles. The van der Waals surface area contributed by atoms with E-state index >= 15 is 0 Å². The Bertz CT molecular complexity index is 897. The van der Waals surface area contributed by atoms with Gasteiger partial charge in [0.05, 0.1) is 18.9 Å². The number of H-pyrrole nitrogens is 1. The van der Waals surface area contributed by atoms with E-state index < -0.39 is 0 Å². The Hall–Kier alpha value is -2.59. The zero-order chi connectivity index (χ0) is 16.5. The smallest absolute Gasteiger partial charge is 0.139 e. The molecule has 3 aromatic heterocycles. The van der Waals surface area contributed by atoms with Crippen LogP contribution in [0.15, 0.2) is 18.5 Å². The number of nitrogens with zero attached hydrogens (tertiary/aromatic N) is 5. The lowest BCUT2D eigenvalue weighted by Crippen LogP contribution is -2.42. The van der Waals surface area contributed by atoms with Crippen LogP contribution in [0.4, 0.5) is 0 Å². The van der Waals surface area contributed by atoms with E-state index in [9.17, 15) is 5.11 Å². The highest BCUT2D eigenvalue weighted by Crippen LogP contribution is 2.27. The van der Waals surface area contributed by atoms with Crippen LogP contribution < -0.4 is 5.01 Å². The number of hydrogen-bond acceptors (Lipinski definition) is 5. The summed E-state index contributed by atoms with van der Waals surface area (Å²) in [6.07, 6.45) is 6.83. The Morgan fingerprint density at radius 1 is 1.38 bits per heavy atom. The second-order valence-corrected chi connectivity index (χ2v) is 6.30. The van der Waals surface area contributed by atoms with Crippen molar-refractivity contribution < 1.29 is 5.11 Å². The highest BCUT2D eigenvalue weighted by molar-refractivity contribution is 6.01. The highest BCUT2D eigenvalue weighted by Gasteiger charge is 2.24. The maximum atomic E-state index is 9.42. The minimum Gasteiger partial charge on any atom is -0.396 e. The zero-order valence-electron chi connectivity index (χ0n) is 13.4. The Kier molecular flexibility index (Phi) is 3.82. The summed E-state index contributed by atoms with van der Waals surface area (Å²) in [5.74, 6) is 1.35. The number of aromatic amines is 1. The summed E-state index contributed by atoms with van der Waals surface area (Å²) in [5, 5.41) is 21.7. The van der Waals surface area contributed by atoms with Gasteiger partial charge in [-0.25, -0.2) is 14.6 Å². The first-order valence-corrected chi connectivity index (χ1v) is 8.38. The van der Waals surface area contributed by atoms with Gasteiger partial charge >= 0.3 is 0 Å². The molecule has 0 atom stereocenters. The maximum Gasteiger partial charge on any atom is 0.139 e. The van der Waals surface area contributed by atoms with Gasteiger partial charge in [-0.1, -0.05) is 0 Å². The van der Waals surface area contributed by atoms with Gasteiger partial charge in [0.2, 0.25) is 0 Å². The number of imidazole rings is 1. The SMILES string of the molecule is N#CCC1CCN(n2c(CCO)nc3cnc4[nH]ccc4c32)CC1. The van der Waals surface area contributed by atoms with Crippen molar-refractivity contribution in [2.75, 3.05) is 24.7 Å². The van der Waals surface area contributed by atoms with Crippen LogP contribution >= 0.6 is 0 Å². The van der Waals surface area contributed by atoms with Gasteiger partial charge in [-0.05, 0) is 24.8 Å². The molecular weight excluding hydrogens is 304 g/mol. The van der Waals surface area contributed by atoms with Gasteiger partial charge in [0, 0.05) is 37.5 Å². The molecule has 0 aromatic carbocycles. The van der Waals surface area contributed by atoms with Crippen molar-refractivity contribution in [3.63, 3.8) is 0 Å². The molecule has 4 rings (SSSR count). The molecule has 4 heterocycles. The van der Waals surface area contributed by atoms with Crippen LogP contribution in [0.2, 0.25) is 0 Å². The lowest BCUT2D eigenvalue weighted by molar-refractivity contribution is 0.292. The minimum atomic E-state index is 0.0674. The lowest BCUT2D eigenvalue weighted by atomic mass is 9.95. The van der Waals surface area contributed by atoms with Gasteiger partial charge in [-0.3, -0.25) is 0 Å². The van der Waals surface area contributed by atoms with Gasteiger partial charge in [0.25, 0.3) is 0 Å². The van der Waals surface area contributed by atoms with E-state index in [0.717, 1.165) is 53.8 Å². The molecule has 0 aliphatic carbocycles. The summed E-state index contributed by atoms with van der Waals surface area (Å²) in [6, 6.07) is 4.31. The number of piperidine rings is 1. The van der Waals surface area contributed by atoms with E-state index in [4.69, 9.17) is 10.2 Å². The van der Waals surface area contributed by atoms with Crippen molar-refractivity contribution in [1.29, 1.82) is 5.26 Å². The number of nitriles is 1. The third-order valence-electron chi connectivity index (χ3n) is 4.83. The Morgan fingerprint density at radius 2 is 2.21 bits per heavy atom. The number of fused-ring (bicyclic) bond motifs is 3. The van der Waals surface area contributed by atoms with Crippen LogP contribution in [-0.2, 0) is 6.42 Å². The van der Waals surface area contributed by atoms with E-state index in [1.807, 2.05) is 12.3 Å². The Labute approximate surface area is 139 Å². The number of hydrogen-bond donors (Lipinski definition) is 2. The van der Waals surface area contributed by atoms with Crippen molar-refractivity contribution in [3.05, 3.63) is 24.3 Å². The predicted octanol–water partition coefficient (Wildman–Crippen LogP) is 1.71. The maximum absolute atomic E-state index is 9.42.